The van der Waals surface area contributed by atoms with Gasteiger partial charge in [0.05, 0.1) is 5.69 Å². The van der Waals surface area contributed by atoms with Gasteiger partial charge in [0.15, 0.2) is 6.04 Å². The van der Waals surface area contributed by atoms with Crippen molar-refractivity contribution >= 4 is 17.7 Å². The van der Waals surface area contributed by atoms with Gasteiger partial charge in [-0.2, -0.15) is 11.8 Å². The summed E-state index contributed by atoms with van der Waals surface area (Å²) in [7, 11) is 0. The van der Waals surface area contributed by atoms with E-state index in [1.54, 1.807) is 18.3 Å². The smallest absolute Gasteiger partial charge is 0.327 e. The monoisotopic (exact) mass is 238 g/mol. The summed E-state index contributed by atoms with van der Waals surface area (Å²) in [5, 5.41) is 9.29. The molecule has 0 spiro atoms. The Labute approximate surface area is 98.7 Å². The van der Waals surface area contributed by atoms with Crippen molar-refractivity contribution in [1.29, 1.82) is 0 Å². The van der Waals surface area contributed by atoms with E-state index in [9.17, 15) is 9.90 Å². The summed E-state index contributed by atoms with van der Waals surface area (Å²) in [6.07, 6.45) is 1.64. The number of aliphatic carboxylic acids is 1. The fourth-order valence-corrected chi connectivity index (χ4v) is 2.77. The number of carbonyl (C=O) groups is 1. The number of carboxylic acid groups (broad SMARTS) is 1. The van der Waals surface area contributed by atoms with Crippen LogP contribution in [-0.2, 0) is 4.79 Å². The molecule has 1 atom stereocenters. The van der Waals surface area contributed by atoms with E-state index in [-0.39, 0.29) is 0 Å². The number of hydrogen-bond acceptors (Lipinski definition) is 4. The maximum Gasteiger partial charge on any atom is 0.327 e. The van der Waals surface area contributed by atoms with Crippen molar-refractivity contribution < 1.29 is 9.90 Å². The predicted molar refractivity (Wildman–Crippen MR) is 63.5 cm³/mol. The Morgan fingerprint density at radius 1 is 1.44 bits per heavy atom. The van der Waals surface area contributed by atoms with Crippen LogP contribution in [0.3, 0.4) is 0 Å². The maximum absolute atomic E-state index is 11.3. The zero-order valence-electron chi connectivity index (χ0n) is 8.87. The van der Waals surface area contributed by atoms with E-state index < -0.39 is 12.0 Å². The number of hydrogen-bond donors (Lipinski definition) is 1. The van der Waals surface area contributed by atoms with Gasteiger partial charge in [-0.1, -0.05) is 6.07 Å². The SMILES string of the molecule is O=C(O)C(c1ccccn1)N1CCSCC1. The quantitative estimate of drug-likeness (QED) is 0.859. The molecule has 1 aliphatic rings. The Morgan fingerprint density at radius 3 is 2.75 bits per heavy atom. The normalized spacial score (nSPS) is 19.2. The second-order valence-electron chi connectivity index (χ2n) is 3.64. The Morgan fingerprint density at radius 2 is 2.19 bits per heavy atom. The van der Waals surface area contributed by atoms with Crippen molar-refractivity contribution in [2.75, 3.05) is 24.6 Å². The van der Waals surface area contributed by atoms with Crippen LogP contribution in [0.2, 0.25) is 0 Å². The van der Waals surface area contributed by atoms with Crippen LogP contribution < -0.4 is 0 Å². The molecule has 16 heavy (non-hydrogen) atoms. The Kier molecular flexibility index (Phi) is 3.79. The average molecular weight is 238 g/mol. The molecular formula is C11H14N2O2S. The molecule has 0 radical (unpaired) electrons. The Hall–Kier alpha value is -1.07. The van der Waals surface area contributed by atoms with Crippen LogP contribution in [0.4, 0.5) is 0 Å². The first-order valence-corrected chi connectivity index (χ1v) is 6.40. The third-order valence-electron chi connectivity index (χ3n) is 2.61. The van der Waals surface area contributed by atoms with E-state index >= 15 is 0 Å². The highest BCUT2D eigenvalue weighted by molar-refractivity contribution is 7.99. The van der Waals surface area contributed by atoms with Crippen molar-refractivity contribution in [3.8, 4) is 0 Å². The number of thioether (sulfide) groups is 1. The van der Waals surface area contributed by atoms with E-state index in [0.717, 1.165) is 24.6 Å². The summed E-state index contributed by atoms with van der Waals surface area (Å²) < 4.78 is 0. The lowest BCUT2D eigenvalue weighted by atomic mass is 10.1. The fourth-order valence-electron chi connectivity index (χ4n) is 1.84. The summed E-state index contributed by atoms with van der Waals surface area (Å²) in [4.78, 5) is 17.4. The minimum Gasteiger partial charge on any atom is -0.480 e. The molecule has 4 nitrogen and oxygen atoms in total. The molecule has 1 saturated heterocycles. The molecule has 0 aromatic carbocycles. The van der Waals surface area contributed by atoms with Gasteiger partial charge in [-0.15, -0.1) is 0 Å². The summed E-state index contributed by atoms with van der Waals surface area (Å²) in [5.41, 5.74) is 0.627. The van der Waals surface area contributed by atoms with E-state index in [1.807, 2.05) is 22.7 Å². The lowest BCUT2D eigenvalue weighted by Gasteiger charge is -2.31. The number of pyridine rings is 1. The lowest BCUT2D eigenvalue weighted by Crippen LogP contribution is -2.40. The summed E-state index contributed by atoms with van der Waals surface area (Å²) >= 11 is 1.87. The van der Waals surface area contributed by atoms with E-state index in [1.165, 1.54) is 0 Å². The molecule has 0 aliphatic carbocycles. The van der Waals surface area contributed by atoms with Crippen LogP contribution in [0.5, 0.6) is 0 Å². The number of rotatable bonds is 3. The topological polar surface area (TPSA) is 53.4 Å². The molecule has 1 aromatic rings. The van der Waals surface area contributed by atoms with Gasteiger partial charge in [0.25, 0.3) is 0 Å². The zero-order valence-corrected chi connectivity index (χ0v) is 9.69. The van der Waals surface area contributed by atoms with Gasteiger partial charge in [0.1, 0.15) is 0 Å². The second-order valence-corrected chi connectivity index (χ2v) is 4.87. The summed E-state index contributed by atoms with van der Waals surface area (Å²) in [6, 6.07) is 4.81. The standard InChI is InChI=1S/C11H14N2O2S/c14-11(15)10(9-3-1-2-4-12-9)13-5-7-16-8-6-13/h1-4,10H,5-8H2,(H,14,15). The van der Waals surface area contributed by atoms with Crippen molar-refractivity contribution in [2.45, 2.75) is 6.04 Å². The molecule has 1 N–H and O–H groups in total. The maximum atomic E-state index is 11.3. The van der Waals surface area contributed by atoms with Gasteiger partial charge in [-0.3, -0.25) is 14.7 Å². The zero-order chi connectivity index (χ0) is 11.4. The van der Waals surface area contributed by atoms with Crippen LogP contribution in [0, 0.1) is 0 Å². The predicted octanol–water partition coefficient (Wildman–Crippen LogP) is 1.26. The Bertz CT molecular complexity index is 352. The van der Waals surface area contributed by atoms with Gasteiger partial charge in [-0.25, -0.2) is 0 Å². The molecule has 2 heterocycles. The Balaban J connectivity index is 2.20. The van der Waals surface area contributed by atoms with Gasteiger partial charge in [0, 0.05) is 30.8 Å². The molecule has 2 rings (SSSR count). The van der Waals surface area contributed by atoms with Gasteiger partial charge in [0.2, 0.25) is 0 Å². The molecule has 0 amide bonds. The van der Waals surface area contributed by atoms with Crippen molar-refractivity contribution in [3.63, 3.8) is 0 Å². The van der Waals surface area contributed by atoms with Crippen molar-refractivity contribution in [1.82, 2.24) is 9.88 Å². The lowest BCUT2D eigenvalue weighted by molar-refractivity contribution is -0.143. The molecule has 5 heteroatoms. The molecule has 1 aliphatic heterocycles. The summed E-state index contributed by atoms with van der Waals surface area (Å²) in [6.45, 7) is 1.64. The van der Waals surface area contributed by atoms with Crippen LogP contribution >= 0.6 is 11.8 Å². The molecular weight excluding hydrogens is 224 g/mol. The molecule has 1 aromatic heterocycles. The largest absolute Gasteiger partial charge is 0.480 e. The molecule has 0 saturated carbocycles. The number of nitrogens with zero attached hydrogens (tertiary/aromatic N) is 2. The second kappa shape index (κ2) is 5.32. The first-order chi connectivity index (χ1) is 7.79. The highest BCUT2D eigenvalue weighted by atomic mass is 32.2. The molecule has 0 bridgehead atoms. The highest BCUT2D eigenvalue weighted by Crippen LogP contribution is 2.22. The van der Waals surface area contributed by atoms with E-state index in [2.05, 4.69) is 4.98 Å². The minimum absolute atomic E-state index is 0.595. The van der Waals surface area contributed by atoms with E-state index in [0.29, 0.717) is 5.69 Å². The van der Waals surface area contributed by atoms with Gasteiger partial charge in [-0.05, 0) is 12.1 Å². The molecule has 1 fully saturated rings. The third-order valence-corrected chi connectivity index (χ3v) is 3.56. The van der Waals surface area contributed by atoms with Crippen molar-refractivity contribution in [3.05, 3.63) is 30.1 Å². The van der Waals surface area contributed by atoms with Crippen molar-refractivity contribution in [2.24, 2.45) is 0 Å². The highest BCUT2D eigenvalue weighted by Gasteiger charge is 2.29. The van der Waals surface area contributed by atoms with Crippen LogP contribution in [0.1, 0.15) is 11.7 Å². The number of carboxylic acids is 1. The molecule has 86 valence electrons. The molecule has 1 unspecified atom stereocenters. The third kappa shape index (κ3) is 2.54. The average Bonchev–Trinajstić information content (AvgIpc) is 2.31. The minimum atomic E-state index is -0.814. The number of aromatic nitrogens is 1. The van der Waals surface area contributed by atoms with E-state index in [4.69, 9.17) is 0 Å². The van der Waals surface area contributed by atoms with Crippen LogP contribution in [0.15, 0.2) is 24.4 Å². The van der Waals surface area contributed by atoms with Gasteiger partial charge < -0.3 is 5.11 Å². The fraction of sp³-hybridized carbons (Fsp3) is 0.455. The van der Waals surface area contributed by atoms with Crippen LogP contribution in [-0.4, -0.2) is 45.6 Å². The summed E-state index contributed by atoms with van der Waals surface area (Å²) in [5.74, 6) is 1.18. The first-order valence-electron chi connectivity index (χ1n) is 5.24. The first kappa shape index (κ1) is 11.4. The van der Waals surface area contributed by atoms with Crippen LogP contribution in [0.25, 0.3) is 0 Å². The van der Waals surface area contributed by atoms with Gasteiger partial charge >= 0.3 is 5.97 Å².